The Morgan fingerprint density at radius 1 is 1.20 bits per heavy atom. The number of benzene rings is 1. The van der Waals surface area contributed by atoms with Crippen LogP contribution in [0.4, 0.5) is 17.3 Å². The Balaban J connectivity index is 1.36. The molecule has 1 saturated heterocycles. The van der Waals surface area contributed by atoms with E-state index >= 15 is 0 Å². The largest absolute Gasteiger partial charge is 0.471 e. The Hall–Kier alpha value is -3.63. The topological polar surface area (TPSA) is 96.8 Å². The van der Waals surface area contributed by atoms with Gasteiger partial charge in [-0.15, -0.1) is 0 Å². The molecule has 1 fully saturated rings. The van der Waals surface area contributed by atoms with Crippen LogP contribution in [-0.4, -0.2) is 59.3 Å². The van der Waals surface area contributed by atoms with Gasteiger partial charge in [-0.25, -0.2) is 9.97 Å². The molecule has 35 heavy (non-hydrogen) atoms. The van der Waals surface area contributed by atoms with E-state index in [2.05, 4.69) is 49.8 Å². The number of hydrazone groups is 1. The summed E-state index contributed by atoms with van der Waals surface area (Å²) in [5, 5.41) is 7.70. The van der Waals surface area contributed by atoms with E-state index in [-0.39, 0.29) is 0 Å². The molecule has 3 heterocycles. The molecule has 2 aromatic heterocycles. The number of nitrogens with one attached hydrogen (secondary N) is 2. The Kier molecular flexibility index (Phi) is 8.91. The van der Waals surface area contributed by atoms with E-state index in [4.69, 9.17) is 26.7 Å². The number of ether oxygens (including phenoxy) is 2. The van der Waals surface area contributed by atoms with Crippen LogP contribution in [0.25, 0.3) is 0 Å². The first-order valence-corrected chi connectivity index (χ1v) is 12.0. The molecular formula is C25H29N7O2S. The summed E-state index contributed by atoms with van der Waals surface area (Å²) in [7, 11) is 0. The number of rotatable bonds is 9. The summed E-state index contributed by atoms with van der Waals surface area (Å²) in [4.78, 5) is 15.7. The number of aryl methyl sites for hydroxylation is 2. The van der Waals surface area contributed by atoms with Crippen molar-refractivity contribution >= 4 is 40.9 Å². The molecule has 1 aliphatic heterocycles. The normalized spacial score (nSPS) is 13.6. The van der Waals surface area contributed by atoms with Crippen LogP contribution < -0.4 is 15.6 Å². The van der Waals surface area contributed by atoms with Gasteiger partial charge in [0.25, 0.3) is 5.17 Å². The third kappa shape index (κ3) is 7.97. The summed E-state index contributed by atoms with van der Waals surface area (Å²) >= 11 is 5.25. The number of morpholine rings is 1. The molecular weight excluding hydrogens is 462 g/mol. The highest BCUT2D eigenvalue weighted by Gasteiger charge is 2.15. The van der Waals surface area contributed by atoms with Gasteiger partial charge in [0.05, 0.1) is 37.9 Å². The lowest BCUT2D eigenvalue weighted by Gasteiger charge is -2.28. The first-order chi connectivity index (χ1) is 17.2. The minimum absolute atomic E-state index is 0.314. The molecule has 0 atom stereocenters. The van der Waals surface area contributed by atoms with Crippen molar-refractivity contribution in [3.05, 3.63) is 71.8 Å². The van der Waals surface area contributed by atoms with Gasteiger partial charge < -0.3 is 19.7 Å². The van der Waals surface area contributed by atoms with E-state index in [0.29, 0.717) is 43.7 Å². The number of pyridine rings is 1. The third-order valence-electron chi connectivity index (χ3n) is 5.21. The number of anilines is 3. The molecule has 2 N–H and O–H groups in total. The Labute approximate surface area is 210 Å². The minimum Gasteiger partial charge on any atom is -0.471 e. The number of hydrogen-bond donors (Lipinski definition) is 2. The van der Waals surface area contributed by atoms with Gasteiger partial charge in [-0.1, -0.05) is 29.8 Å². The molecule has 9 nitrogen and oxygen atoms in total. The van der Waals surface area contributed by atoms with Gasteiger partial charge in [0.2, 0.25) is 0 Å². The van der Waals surface area contributed by atoms with Crippen molar-refractivity contribution < 1.29 is 9.47 Å². The van der Waals surface area contributed by atoms with E-state index in [1.54, 1.807) is 18.6 Å². The minimum atomic E-state index is 0.314. The molecule has 0 aliphatic carbocycles. The Morgan fingerprint density at radius 3 is 2.89 bits per heavy atom. The second-order valence-electron chi connectivity index (χ2n) is 8.02. The smallest absolute Gasteiger partial charge is 0.261 e. The van der Waals surface area contributed by atoms with Gasteiger partial charge in [0.15, 0.2) is 5.82 Å². The lowest BCUT2D eigenvalue weighted by atomic mass is 10.2. The molecule has 10 heteroatoms. The van der Waals surface area contributed by atoms with E-state index in [1.165, 1.54) is 5.56 Å². The van der Waals surface area contributed by atoms with Crippen molar-refractivity contribution in [2.45, 2.75) is 19.8 Å². The molecule has 0 bridgehead atoms. The van der Waals surface area contributed by atoms with Crippen molar-refractivity contribution in [3.63, 3.8) is 0 Å². The van der Waals surface area contributed by atoms with Crippen LogP contribution in [0.5, 0.6) is 0 Å². The van der Waals surface area contributed by atoms with Crippen molar-refractivity contribution in [3.8, 4) is 0 Å². The molecule has 0 radical (unpaired) electrons. The van der Waals surface area contributed by atoms with Crippen molar-refractivity contribution in [2.75, 3.05) is 48.6 Å². The second-order valence-corrected chi connectivity index (χ2v) is 8.39. The number of hydrogen-bond acceptors (Lipinski definition) is 9. The number of aromatic nitrogens is 3. The lowest BCUT2D eigenvalue weighted by molar-refractivity contribution is 0.122. The summed E-state index contributed by atoms with van der Waals surface area (Å²) in [6, 6.07) is 13.8. The maximum absolute atomic E-state index is 5.64. The Morgan fingerprint density at radius 2 is 2.09 bits per heavy atom. The van der Waals surface area contributed by atoms with Crippen LogP contribution in [0.1, 0.15) is 23.4 Å². The molecule has 0 unspecified atom stereocenters. The average molecular weight is 492 g/mol. The van der Waals surface area contributed by atoms with Gasteiger partial charge in [-0.05, 0) is 43.3 Å². The van der Waals surface area contributed by atoms with Gasteiger partial charge >= 0.3 is 0 Å². The highest BCUT2D eigenvalue weighted by Crippen LogP contribution is 2.18. The quantitative estimate of drug-likeness (QED) is 0.200. The van der Waals surface area contributed by atoms with Gasteiger partial charge in [-0.3, -0.25) is 10.4 Å². The number of thiocarbonyl (C=S) groups is 1. The average Bonchev–Trinajstić information content (AvgIpc) is 2.88. The van der Waals surface area contributed by atoms with Crippen molar-refractivity contribution in [2.24, 2.45) is 5.10 Å². The SMILES string of the molecule is Cc1cccc(/C=N/Nc2cc(N3CCOCC3)nc(CCCOC(=S)Nc3cccnc3)n2)c1. The van der Waals surface area contributed by atoms with E-state index in [9.17, 15) is 0 Å². The number of nitrogens with zero attached hydrogens (tertiary/aromatic N) is 5. The fraction of sp³-hybridized carbons (Fsp3) is 0.320. The van der Waals surface area contributed by atoms with Gasteiger partial charge in [0, 0.05) is 31.8 Å². The first kappa shape index (κ1) is 24.5. The van der Waals surface area contributed by atoms with E-state index < -0.39 is 0 Å². The third-order valence-corrected chi connectivity index (χ3v) is 5.43. The zero-order valence-electron chi connectivity index (χ0n) is 19.7. The zero-order chi connectivity index (χ0) is 24.3. The maximum Gasteiger partial charge on any atom is 0.261 e. The van der Waals surface area contributed by atoms with Crippen LogP contribution in [0.15, 0.2) is 60.0 Å². The first-order valence-electron chi connectivity index (χ1n) is 11.6. The highest BCUT2D eigenvalue weighted by atomic mass is 32.1. The summed E-state index contributed by atoms with van der Waals surface area (Å²) in [5.41, 5.74) is 6.06. The van der Waals surface area contributed by atoms with Crippen LogP contribution in [-0.2, 0) is 15.9 Å². The van der Waals surface area contributed by atoms with Gasteiger partial charge in [-0.2, -0.15) is 5.10 Å². The van der Waals surface area contributed by atoms with Crippen molar-refractivity contribution in [1.29, 1.82) is 0 Å². The summed E-state index contributed by atoms with van der Waals surface area (Å²) in [6.07, 6.45) is 6.54. The molecule has 1 aromatic carbocycles. The molecule has 0 saturated carbocycles. The van der Waals surface area contributed by atoms with Crippen LogP contribution >= 0.6 is 12.2 Å². The predicted molar refractivity (Wildman–Crippen MR) is 142 cm³/mol. The lowest BCUT2D eigenvalue weighted by Crippen LogP contribution is -2.37. The van der Waals surface area contributed by atoms with Crippen LogP contribution in [0, 0.1) is 6.92 Å². The summed E-state index contributed by atoms with van der Waals surface area (Å²) in [6.45, 7) is 5.46. The van der Waals surface area contributed by atoms with E-state index in [1.807, 2.05) is 30.3 Å². The predicted octanol–water partition coefficient (Wildman–Crippen LogP) is 3.81. The molecule has 182 valence electrons. The highest BCUT2D eigenvalue weighted by molar-refractivity contribution is 7.80. The zero-order valence-corrected chi connectivity index (χ0v) is 20.5. The molecule has 0 spiro atoms. The molecule has 0 amide bonds. The van der Waals surface area contributed by atoms with Gasteiger partial charge in [0.1, 0.15) is 11.6 Å². The van der Waals surface area contributed by atoms with E-state index in [0.717, 1.165) is 36.0 Å². The standard InChI is InChI=1S/C25H29N7O2S/c1-19-5-2-6-20(15-19)17-27-31-23-16-24(32-10-13-33-14-11-32)30-22(29-23)8-4-12-34-25(35)28-21-7-3-9-26-18-21/h2-3,5-7,9,15-18H,4,8,10-14H2,1H3,(H,28,35)(H,29,30,31)/b27-17+. The fourth-order valence-corrected chi connectivity index (χ4v) is 3.72. The summed E-state index contributed by atoms with van der Waals surface area (Å²) < 4.78 is 11.1. The second kappa shape index (κ2) is 12.7. The molecule has 4 rings (SSSR count). The molecule has 1 aliphatic rings. The molecule has 3 aromatic rings. The van der Waals surface area contributed by atoms with Crippen LogP contribution in [0.3, 0.4) is 0 Å². The fourth-order valence-electron chi connectivity index (χ4n) is 3.52. The van der Waals surface area contributed by atoms with Crippen molar-refractivity contribution in [1.82, 2.24) is 15.0 Å². The Bertz CT molecular complexity index is 1140. The summed E-state index contributed by atoms with van der Waals surface area (Å²) in [5.74, 6) is 2.23. The maximum atomic E-state index is 5.64. The monoisotopic (exact) mass is 491 g/mol. The van der Waals surface area contributed by atoms with Crippen LogP contribution in [0.2, 0.25) is 0 Å².